The minimum absolute atomic E-state index is 0.224. The van der Waals surface area contributed by atoms with E-state index in [2.05, 4.69) is 18.3 Å². The van der Waals surface area contributed by atoms with Crippen molar-refractivity contribution in [1.29, 1.82) is 0 Å². The van der Waals surface area contributed by atoms with Gasteiger partial charge in [-0.15, -0.1) is 0 Å². The Hall–Kier alpha value is -1.55. The third-order valence-electron chi connectivity index (χ3n) is 4.18. The van der Waals surface area contributed by atoms with Crippen LogP contribution >= 0.6 is 0 Å². The molecule has 21 heavy (non-hydrogen) atoms. The number of ether oxygens (including phenoxy) is 1. The van der Waals surface area contributed by atoms with Crippen LogP contribution in [-0.2, 0) is 11.2 Å². The van der Waals surface area contributed by atoms with Crippen molar-refractivity contribution in [3.05, 3.63) is 29.8 Å². The monoisotopic (exact) mass is 290 g/mol. The number of likely N-dealkylation sites (tertiary alicyclic amines) is 1. The van der Waals surface area contributed by atoms with Gasteiger partial charge in [-0.25, -0.2) is 0 Å². The van der Waals surface area contributed by atoms with Gasteiger partial charge in [0.05, 0.1) is 13.7 Å². The van der Waals surface area contributed by atoms with Crippen LogP contribution in [0.5, 0.6) is 5.75 Å². The van der Waals surface area contributed by atoms with Crippen LogP contribution in [-0.4, -0.2) is 44.1 Å². The Labute approximate surface area is 127 Å². The summed E-state index contributed by atoms with van der Waals surface area (Å²) in [5, 5.41) is 3.25. The number of nitrogens with zero attached hydrogens (tertiary/aromatic N) is 1. The zero-order valence-electron chi connectivity index (χ0n) is 13.1. The fourth-order valence-electron chi connectivity index (χ4n) is 2.70. The Bertz CT molecular complexity index is 454. The van der Waals surface area contributed by atoms with E-state index >= 15 is 0 Å². The van der Waals surface area contributed by atoms with Gasteiger partial charge < -0.3 is 15.0 Å². The molecule has 0 atom stereocenters. The van der Waals surface area contributed by atoms with E-state index in [1.165, 1.54) is 5.56 Å². The minimum Gasteiger partial charge on any atom is -0.496 e. The largest absolute Gasteiger partial charge is 0.496 e. The highest BCUT2D eigenvalue weighted by molar-refractivity contribution is 5.78. The summed E-state index contributed by atoms with van der Waals surface area (Å²) in [5.41, 5.74) is 1.17. The molecule has 1 N–H and O–H groups in total. The number of rotatable bonds is 6. The number of carbonyl (C=O) groups excluding carboxylic acids is 1. The summed E-state index contributed by atoms with van der Waals surface area (Å²) in [4.78, 5) is 14.1. The average molecular weight is 290 g/mol. The van der Waals surface area contributed by atoms with E-state index in [1.54, 1.807) is 7.11 Å². The van der Waals surface area contributed by atoms with Gasteiger partial charge in [0, 0.05) is 13.1 Å². The van der Waals surface area contributed by atoms with Crippen molar-refractivity contribution < 1.29 is 9.53 Å². The maximum Gasteiger partial charge on any atom is 0.236 e. The molecule has 1 fully saturated rings. The Kier molecular flexibility index (Phi) is 6.05. The zero-order valence-corrected chi connectivity index (χ0v) is 13.1. The standard InChI is InChI=1S/C17H26N2O2/c1-14-8-11-19(12-9-14)17(20)13-18-10-7-15-5-3-4-6-16(15)21-2/h3-6,14,18H,7-13H2,1-2H3. The molecule has 0 unspecified atom stereocenters. The van der Waals surface area contributed by atoms with Gasteiger partial charge in [0.25, 0.3) is 0 Å². The first-order chi connectivity index (χ1) is 10.2. The fourth-order valence-corrected chi connectivity index (χ4v) is 2.70. The van der Waals surface area contributed by atoms with Gasteiger partial charge >= 0.3 is 0 Å². The molecule has 0 spiro atoms. The highest BCUT2D eigenvalue weighted by Crippen LogP contribution is 2.17. The van der Waals surface area contributed by atoms with Crippen LogP contribution in [0.2, 0.25) is 0 Å². The van der Waals surface area contributed by atoms with Crippen molar-refractivity contribution in [2.45, 2.75) is 26.2 Å². The van der Waals surface area contributed by atoms with Gasteiger partial charge in [-0.2, -0.15) is 0 Å². The predicted molar refractivity (Wildman–Crippen MR) is 84.5 cm³/mol. The van der Waals surface area contributed by atoms with E-state index in [1.807, 2.05) is 23.1 Å². The van der Waals surface area contributed by atoms with Gasteiger partial charge in [-0.05, 0) is 43.4 Å². The summed E-state index contributed by atoms with van der Waals surface area (Å²) in [6, 6.07) is 8.01. The minimum atomic E-state index is 0.224. The smallest absolute Gasteiger partial charge is 0.236 e. The van der Waals surface area contributed by atoms with Crippen molar-refractivity contribution in [3.8, 4) is 5.75 Å². The molecule has 0 saturated carbocycles. The molecule has 2 rings (SSSR count). The molecular formula is C17H26N2O2. The molecule has 1 amide bonds. The molecule has 0 aromatic heterocycles. The van der Waals surface area contributed by atoms with E-state index in [0.717, 1.165) is 50.6 Å². The number of hydrogen-bond donors (Lipinski definition) is 1. The maximum atomic E-state index is 12.1. The van der Waals surface area contributed by atoms with Crippen molar-refractivity contribution in [3.63, 3.8) is 0 Å². The Morgan fingerprint density at radius 1 is 1.33 bits per heavy atom. The first kappa shape index (κ1) is 15.8. The van der Waals surface area contributed by atoms with Gasteiger partial charge in [0.1, 0.15) is 5.75 Å². The lowest BCUT2D eigenvalue weighted by atomic mass is 9.99. The molecule has 0 bridgehead atoms. The summed E-state index contributed by atoms with van der Waals surface area (Å²) in [6.07, 6.45) is 3.13. The summed E-state index contributed by atoms with van der Waals surface area (Å²) >= 11 is 0. The number of amides is 1. The molecule has 4 heteroatoms. The molecule has 1 aromatic carbocycles. The summed E-state index contributed by atoms with van der Waals surface area (Å²) in [7, 11) is 1.69. The highest BCUT2D eigenvalue weighted by atomic mass is 16.5. The van der Waals surface area contributed by atoms with Crippen LogP contribution in [0.25, 0.3) is 0 Å². The van der Waals surface area contributed by atoms with Gasteiger partial charge in [-0.1, -0.05) is 25.1 Å². The third-order valence-corrected chi connectivity index (χ3v) is 4.18. The number of hydrogen-bond acceptors (Lipinski definition) is 3. The van der Waals surface area contributed by atoms with E-state index in [4.69, 9.17) is 4.74 Å². The number of methoxy groups -OCH3 is 1. The SMILES string of the molecule is COc1ccccc1CCNCC(=O)N1CCC(C)CC1. The van der Waals surface area contributed by atoms with Crippen molar-refractivity contribution in [2.24, 2.45) is 5.92 Å². The van der Waals surface area contributed by atoms with Crippen LogP contribution < -0.4 is 10.1 Å². The number of benzene rings is 1. The van der Waals surface area contributed by atoms with E-state index in [0.29, 0.717) is 6.54 Å². The van der Waals surface area contributed by atoms with Crippen molar-refractivity contribution >= 4 is 5.91 Å². The normalized spacial score (nSPS) is 16.0. The number of nitrogens with one attached hydrogen (secondary N) is 1. The zero-order chi connectivity index (χ0) is 15.1. The quantitative estimate of drug-likeness (QED) is 0.816. The average Bonchev–Trinajstić information content (AvgIpc) is 2.52. The van der Waals surface area contributed by atoms with Crippen molar-refractivity contribution in [2.75, 3.05) is 33.3 Å². The van der Waals surface area contributed by atoms with Gasteiger partial charge in [-0.3, -0.25) is 4.79 Å². The van der Waals surface area contributed by atoms with Crippen LogP contribution in [0.3, 0.4) is 0 Å². The van der Waals surface area contributed by atoms with E-state index in [9.17, 15) is 4.79 Å². The Morgan fingerprint density at radius 2 is 2.05 bits per heavy atom. The van der Waals surface area contributed by atoms with E-state index < -0.39 is 0 Å². The number of para-hydroxylation sites is 1. The fraction of sp³-hybridized carbons (Fsp3) is 0.588. The number of carbonyl (C=O) groups is 1. The first-order valence-electron chi connectivity index (χ1n) is 7.81. The molecule has 1 aliphatic heterocycles. The molecule has 1 saturated heterocycles. The molecule has 4 nitrogen and oxygen atoms in total. The highest BCUT2D eigenvalue weighted by Gasteiger charge is 2.19. The summed E-state index contributed by atoms with van der Waals surface area (Å²) in [6.45, 7) is 5.30. The molecule has 1 aliphatic rings. The lowest BCUT2D eigenvalue weighted by Crippen LogP contribution is -2.42. The second-order valence-corrected chi connectivity index (χ2v) is 5.80. The lowest BCUT2D eigenvalue weighted by Gasteiger charge is -2.30. The van der Waals surface area contributed by atoms with Crippen LogP contribution in [0.15, 0.2) is 24.3 Å². The van der Waals surface area contributed by atoms with Gasteiger partial charge in [0.15, 0.2) is 0 Å². The third kappa shape index (κ3) is 4.74. The second kappa shape index (κ2) is 8.03. The second-order valence-electron chi connectivity index (χ2n) is 5.80. The first-order valence-corrected chi connectivity index (χ1v) is 7.81. The predicted octanol–water partition coefficient (Wildman–Crippen LogP) is 2.09. The number of piperidine rings is 1. The lowest BCUT2D eigenvalue weighted by molar-refractivity contribution is -0.131. The topological polar surface area (TPSA) is 41.6 Å². The molecule has 0 aliphatic carbocycles. The van der Waals surface area contributed by atoms with Crippen LogP contribution in [0.1, 0.15) is 25.3 Å². The Balaban J connectivity index is 1.68. The molecule has 116 valence electrons. The molecule has 0 radical (unpaired) electrons. The van der Waals surface area contributed by atoms with Gasteiger partial charge in [0.2, 0.25) is 5.91 Å². The molecule has 1 heterocycles. The summed E-state index contributed by atoms with van der Waals surface area (Å²) in [5.74, 6) is 1.89. The summed E-state index contributed by atoms with van der Waals surface area (Å²) < 4.78 is 5.33. The van der Waals surface area contributed by atoms with Crippen LogP contribution in [0, 0.1) is 5.92 Å². The molecular weight excluding hydrogens is 264 g/mol. The van der Waals surface area contributed by atoms with Crippen LogP contribution in [0.4, 0.5) is 0 Å². The maximum absolute atomic E-state index is 12.1. The van der Waals surface area contributed by atoms with E-state index in [-0.39, 0.29) is 5.91 Å². The Morgan fingerprint density at radius 3 is 2.76 bits per heavy atom. The van der Waals surface area contributed by atoms with Crippen molar-refractivity contribution in [1.82, 2.24) is 10.2 Å². The molecule has 1 aromatic rings.